The normalized spacial score (nSPS) is 17.1. The standard InChI is InChI=1S/C24H33FN4O6/c1-6-16(17(22(30)31)23(32)33)28(24(7-2)8-9-24)20-15(4)19(27-12-10-26(5)11-13-27)18(25)14(3)21(20)29(34)35/h6-13H2,1-5H3,(H,30,31)(H,32,33). The van der Waals surface area contributed by atoms with Crippen LogP contribution >= 0.6 is 0 Å². The second-order valence-corrected chi connectivity index (χ2v) is 9.36. The van der Waals surface area contributed by atoms with E-state index in [1.165, 1.54) is 6.92 Å². The van der Waals surface area contributed by atoms with Gasteiger partial charge >= 0.3 is 11.9 Å². The molecule has 0 unspecified atom stereocenters. The van der Waals surface area contributed by atoms with Gasteiger partial charge in [0.1, 0.15) is 5.69 Å². The summed E-state index contributed by atoms with van der Waals surface area (Å²) in [6.07, 6.45) is 1.75. The largest absolute Gasteiger partial charge is 0.477 e. The minimum absolute atomic E-state index is 0.0204. The van der Waals surface area contributed by atoms with Crippen LogP contribution < -0.4 is 9.80 Å². The van der Waals surface area contributed by atoms with E-state index >= 15 is 4.39 Å². The van der Waals surface area contributed by atoms with E-state index in [2.05, 4.69) is 4.90 Å². The van der Waals surface area contributed by atoms with E-state index < -0.39 is 39.5 Å². The molecule has 35 heavy (non-hydrogen) atoms. The molecule has 2 fully saturated rings. The fourth-order valence-electron chi connectivity index (χ4n) is 5.14. The number of piperazine rings is 1. The molecular weight excluding hydrogens is 459 g/mol. The summed E-state index contributed by atoms with van der Waals surface area (Å²) in [7, 11) is 1.96. The third kappa shape index (κ3) is 4.56. The number of rotatable bonds is 9. The van der Waals surface area contributed by atoms with Crippen molar-refractivity contribution >= 4 is 29.0 Å². The minimum atomic E-state index is -1.62. The van der Waals surface area contributed by atoms with Gasteiger partial charge in [-0.3, -0.25) is 10.1 Å². The zero-order chi connectivity index (χ0) is 26.2. The topological polar surface area (TPSA) is 127 Å². The zero-order valence-electron chi connectivity index (χ0n) is 20.9. The van der Waals surface area contributed by atoms with Gasteiger partial charge in [0.2, 0.25) is 0 Å². The molecule has 192 valence electrons. The van der Waals surface area contributed by atoms with E-state index in [0.29, 0.717) is 51.0 Å². The van der Waals surface area contributed by atoms with Crippen LogP contribution in [0.25, 0.3) is 0 Å². The quantitative estimate of drug-likeness (QED) is 0.174. The number of likely N-dealkylation sites (N-methyl/N-ethyl adjacent to an activating group) is 1. The molecule has 0 atom stereocenters. The zero-order valence-corrected chi connectivity index (χ0v) is 20.9. The molecule has 11 heteroatoms. The molecule has 2 N–H and O–H groups in total. The van der Waals surface area contributed by atoms with Crippen LogP contribution in [0.4, 0.5) is 21.5 Å². The lowest BCUT2D eigenvalue weighted by Gasteiger charge is -2.39. The minimum Gasteiger partial charge on any atom is -0.477 e. The molecular formula is C24H33FN4O6. The maximum atomic E-state index is 15.7. The monoisotopic (exact) mass is 492 g/mol. The van der Waals surface area contributed by atoms with E-state index in [1.807, 2.05) is 18.9 Å². The summed E-state index contributed by atoms with van der Waals surface area (Å²) >= 11 is 0. The number of benzene rings is 1. The molecule has 1 heterocycles. The van der Waals surface area contributed by atoms with Crippen molar-refractivity contribution < 1.29 is 29.1 Å². The summed E-state index contributed by atoms with van der Waals surface area (Å²) in [6, 6.07) is 0. The first-order valence-corrected chi connectivity index (χ1v) is 11.8. The van der Waals surface area contributed by atoms with Gasteiger partial charge in [-0.25, -0.2) is 14.0 Å². The first kappa shape index (κ1) is 26.4. The summed E-state index contributed by atoms with van der Waals surface area (Å²) in [5.74, 6) is -3.92. The summed E-state index contributed by atoms with van der Waals surface area (Å²) in [5.41, 5.74) is -1.50. The third-order valence-electron chi connectivity index (χ3n) is 7.33. The van der Waals surface area contributed by atoms with Gasteiger partial charge in [0.15, 0.2) is 11.4 Å². The fourth-order valence-corrected chi connectivity index (χ4v) is 5.14. The maximum Gasteiger partial charge on any atom is 0.344 e. The summed E-state index contributed by atoms with van der Waals surface area (Å²) < 4.78 is 15.7. The maximum absolute atomic E-state index is 15.7. The van der Waals surface area contributed by atoms with Gasteiger partial charge in [0.05, 0.1) is 16.2 Å². The van der Waals surface area contributed by atoms with Gasteiger partial charge in [-0.2, -0.15) is 0 Å². The van der Waals surface area contributed by atoms with E-state index in [4.69, 9.17) is 0 Å². The van der Waals surface area contributed by atoms with Crippen molar-refractivity contribution in [2.45, 2.75) is 58.9 Å². The number of hydrogen-bond donors (Lipinski definition) is 2. The highest BCUT2D eigenvalue weighted by Crippen LogP contribution is 2.55. The first-order valence-electron chi connectivity index (χ1n) is 11.8. The van der Waals surface area contributed by atoms with Crippen LogP contribution in [-0.4, -0.2) is 70.7 Å². The summed E-state index contributed by atoms with van der Waals surface area (Å²) in [4.78, 5) is 41.2. The number of hydrogen-bond acceptors (Lipinski definition) is 7. The van der Waals surface area contributed by atoms with Crippen LogP contribution in [0.2, 0.25) is 0 Å². The highest BCUT2D eigenvalue weighted by Gasteiger charge is 2.52. The lowest BCUT2D eigenvalue weighted by molar-refractivity contribution is -0.384. The number of anilines is 2. The van der Waals surface area contributed by atoms with Crippen LogP contribution in [0.5, 0.6) is 0 Å². The number of nitrogens with zero attached hydrogens (tertiary/aromatic N) is 4. The molecule has 10 nitrogen and oxygen atoms in total. The average molecular weight is 493 g/mol. The lowest BCUT2D eigenvalue weighted by Crippen LogP contribution is -2.45. The number of carboxylic acid groups (broad SMARTS) is 2. The van der Waals surface area contributed by atoms with Crippen LogP contribution in [0.3, 0.4) is 0 Å². The molecule has 1 aliphatic carbocycles. The van der Waals surface area contributed by atoms with Crippen molar-refractivity contribution in [1.82, 2.24) is 4.90 Å². The van der Waals surface area contributed by atoms with Gasteiger partial charge in [-0.05, 0) is 46.6 Å². The second kappa shape index (κ2) is 9.80. The average Bonchev–Trinajstić information content (AvgIpc) is 3.58. The molecule has 1 aliphatic heterocycles. The van der Waals surface area contributed by atoms with E-state index in [9.17, 15) is 29.9 Å². The molecule has 0 aromatic heterocycles. The molecule has 1 aromatic rings. The molecule has 0 radical (unpaired) electrons. The van der Waals surface area contributed by atoms with E-state index in [0.717, 1.165) is 0 Å². The van der Waals surface area contributed by atoms with Gasteiger partial charge in [-0.15, -0.1) is 0 Å². The van der Waals surface area contributed by atoms with Gasteiger partial charge in [-0.1, -0.05) is 13.8 Å². The van der Waals surface area contributed by atoms with Gasteiger partial charge in [0.25, 0.3) is 5.69 Å². The third-order valence-corrected chi connectivity index (χ3v) is 7.33. The molecule has 2 aliphatic rings. The molecule has 3 rings (SSSR count). The number of carbonyl (C=O) groups is 2. The Labute approximate surface area is 203 Å². The van der Waals surface area contributed by atoms with E-state index in [-0.39, 0.29) is 29.1 Å². The Kier molecular flexibility index (Phi) is 7.39. The number of allylic oxidation sites excluding steroid dienone is 1. The number of halogens is 1. The number of carboxylic acids is 2. The summed E-state index contributed by atoms with van der Waals surface area (Å²) in [6.45, 7) is 8.89. The fraction of sp³-hybridized carbons (Fsp3) is 0.583. The van der Waals surface area contributed by atoms with Gasteiger partial charge < -0.3 is 24.9 Å². The number of nitro groups is 1. The number of aliphatic carboxylic acids is 2. The van der Waals surface area contributed by atoms with Gasteiger partial charge in [0, 0.05) is 43.0 Å². The Hall–Kier alpha value is -3.21. The SMILES string of the molecule is CCC(=C(C(=O)O)C(=O)O)N(c1c(C)c(N2CCN(C)CC2)c(F)c(C)c1[N+](=O)[O-])C1(CC)CC1. The Bertz CT molecular complexity index is 1070. The van der Waals surface area contributed by atoms with Crippen molar-refractivity contribution in [3.63, 3.8) is 0 Å². The Morgan fingerprint density at radius 3 is 2.03 bits per heavy atom. The van der Waals surface area contributed by atoms with Crippen LogP contribution in [-0.2, 0) is 9.59 Å². The lowest BCUT2D eigenvalue weighted by atomic mass is 9.96. The highest BCUT2D eigenvalue weighted by molar-refractivity contribution is 6.13. The van der Waals surface area contributed by atoms with E-state index in [1.54, 1.807) is 18.7 Å². The molecule has 1 aromatic carbocycles. The Balaban J connectivity index is 2.43. The van der Waals surface area contributed by atoms with Crippen molar-refractivity contribution in [2.24, 2.45) is 0 Å². The number of nitro benzene ring substituents is 1. The van der Waals surface area contributed by atoms with Crippen molar-refractivity contribution in [3.8, 4) is 0 Å². The predicted octanol–water partition coefficient (Wildman–Crippen LogP) is 3.68. The molecule has 0 amide bonds. The molecule has 1 saturated carbocycles. The molecule has 0 bridgehead atoms. The predicted molar refractivity (Wildman–Crippen MR) is 130 cm³/mol. The van der Waals surface area contributed by atoms with Crippen molar-refractivity contribution in [1.29, 1.82) is 0 Å². The molecule has 1 saturated heterocycles. The molecule has 0 spiro atoms. The summed E-state index contributed by atoms with van der Waals surface area (Å²) in [5, 5.41) is 31.8. The van der Waals surface area contributed by atoms with Crippen LogP contribution in [0.1, 0.15) is 50.7 Å². The highest BCUT2D eigenvalue weighted by atomic mass is 19.1. The first-order chi connectivity index (χ1) is 16.4. The van der Waals surface area contributed by atoms with Crippen molar-refractivity contribution in [3.05, 3.63) is 38.3 Å². The Morgan fingerprint density at radius 2 is 1.63 bits per heavy atom. The Morgan fingerprint density at radius 1 is 1.09 bits per heavy atom. The smallest absolute Gasteiger partial charge is 0.344 e. The van der Waals surface area contributed by atoms with Crippen LogP contribution in [0.15, 0.2) is 11.3 Å². The van der Waals surface area contributed by atoms with Crippen molar-refractivity contribution in [2.75, 3.05) is 43.0 Å². The second-order valence-electron chi connectivity index (χ2n) is 9.36. The van der Waals surface area contributed by atoms with Crippen LogP contribution in [0, 0.1) is 29.8 Å².